The molecule has 0 saturated carbocycles. The van der Waals surface area contributed by atoms with Gasteiger partial charge in [0.05, 0.1) is 58.6 Å². The smallest absolute Gasteiger partial charge is 0.364 e. The third-order valence-corrected chi connectivity index (χ3v) is 6.44. The summed E-state index contributed by atoms with van der Waals surface area (Å²) >= 11 is 6.22. The molecule has 5 heterocycles. The number of halogens is 4. The minimum Gasteiger partial charge on any atom is -0.364 e. The first-order valence-corrected chi connectivity index (χ1v) is 12.1. The number of rotatable bonds is 5. The van der Waals surface area contributed by atoms with Crippen molar-refractivity contribution in [2.24, 2.45) is 0 Å². The number of hydrogen-bond donors (Lipinski definition) is 1. The number of Topliss-reactive ketones (excluding diaryl/α,β-unsaturated/α-hetero) is 1. The van der Waals surface area contributed by atoms with Gasteiger partial charge in [0.1, 0.15) is 12.7 Å². The highest BCUT2D eigenvalue weighted by Crippen LogP contribution is 2.37. The molecule has 1 saturated heterocycles. The largest absolute Gasteiger partial charge is 0.434 e. The fourth-order valence-corrected chi connectivity index (χ4v) is 4.70. The van der Waals surface area contributed by atoms with Gasteiger partial charge in [-0.2, -0.15) is 28.5 Å². The first-order valence-electron chi connectivity index (χ1n) is 11.7. The van der Waals surface area contributed by atoms with Gasteiger partial charge in [-0.25, -0.2) is 9.67 Å². The van der Waals surface area contributed by atoms with Gasteiger partial charge in [-0.15, -0.1) is 4.80 Å². The minimum absolute atomic E-state index is 0.00386. The van der Waals surface area contributed by atoms with E-state index in [2.05, 4.69) is 30.6 Å². The maximum absolute atomic E-state index is 14.4. The Labute approximate surface area is 227 Å². The van der Waals surface area contributed by atoms with Gasteiger partial charge >= 0.3 is 6.18 Å². The first-order chi connectivity index (χ1) is 19.2. The summed E-state index contributed by atoms with van der Waals surface area (Å²) in [6, 6.07) is 7.96. The van der Waals surface area contributed by atoms with Crippen LogP contribution in [0.5, 0.6) is 0 Å². The minimum atomic E-state index is -4.96. The zero-order chi connectivity index (χ0) is 28.0. The van der Waals surface area contributed by atoms with Gasteiger partial charge in [-0.05, 0) is 6.07 Å². The van der Waals surface area contributed by atoms with Gasteiger partial charge in [-0.1, -0.05) is 35.9 Å². The molecule has 0 bridgehead atoms. The fourth-order valence-electron chi connectivity index (χ4n) is 4.46. The van der Waals surface area contributed by atoms with Crippen LogP contribution in [-0.4, -0.2) is 53.0 Å². The number of nitrogens with zero attached hydrogens (tertiary/aromatic N) is 7. The zero-order valence-electron chi connectivity index (χ0n) is 20.1. The number of ketones is 1. The highest BCUT2D eigenvalue weighted by atomic mass is 35.5. The number of aromatic nitrogens is 7. The van der Waals surface area contributed by atoms with Crippen LogP contribution in [0.15, 0.2) is 61.3 Å². The summed E-state index contributed by atoms with van der Waals surface area (Å²) in [4.78, 5) is 34.4. The summed E-state index contributed by atoms with van der Waals surface area (Å²) in [6.45, 7) is -0.0537. The van der Waals surface area contributed by atoms with Crippen molar-refractivity contribution in [2.45, 2.75) is 18.7 Å². The lowest BCUT2D eigenvalue weighted by molar-refractivity contribution is -0.143. The number of alkyl halides is 3. The number of amides is 1. The van der Waals surface area contributed by atoms with Gasteiger partial charge in [0.2, 0.25) is 0 Å². The SMILES string of the molecule is O=C1COC(c2ncc(-n3ncc(C(=O)Nc4cnc(-n5nccn5)c(Cl)c4)c3C(F)(F)F)c3ccccc23)C1. The second kappa shape index (κ2) is 9.81. The Balaban J connectivity index is 1.38. The van der Waals surface area contributed by atoms with Crippen molar-refractivity contribution in [3.05, 3.63) is 83.3 Å². The van der Waals surface area contributed by atoms with E-state index in [0.29, 0.717) is 21.1 Å². The molecule has 5 aromatic rings. The Hall–Kier alpha value is -4.69. The van der Waals surface area contributed by atoms with Gasteiger partial charge in [0, 0.05) is 17.2 Å². The topological polar surface area (TPSA) is 130 Å². The third-order valence-electron chi connectivity index (χ3n) is 6.17. The van der Waals surface area contributed by atoms with Crippen molar-refractivity contribution in [1.82, 2.24) is 34.7 Å². The molecule has 202 valence electrons. The van der Waals surface area contributed by atoms with E-state index >= 15 is 0 Å². The van der Waals surface area contributed by atoms with Crippen molar-refractivity contribution < 1.29 is 27.5 Å². The van der Waals surface area contributed by atoms with Crippen LogP contribution in [0, 0.1) is 0 Å². The van der Waals surface area contributed by atoms with Crippen LogP contribution < -0.4 is 5.32 Å². The van der Waals surface area contributed by atoms with E-state index < -0.39 is 29.4 Å². The van der Waals surface area contributed by atoms with E-state index in [1.165, 1.54) is 30.9 Å². The number of anilines is 1. The molecule has 11 nitrogen and oxygen atoms in total. The Morgan fingerprint density at radius 3 is 2.48 bits per heavy atom. The van der Waals surface area contributed by atoms with Gasteiger partial charge in [0.15, 0.2) is 17.3 Å². The molecule has 1 atom stereocenters. The van der Waals surface area contributed by atoms with Crippen LogP contribution in [0.3, 0.4) is 0 Å². The molecule has 0 spiro atoms. The predicted octanol–water partition coefficient (Wildman–Crippen LogP) is 4.35. The zero-order valence-corrected chi connectivity index (χ0v) is 20.9. The van der Waals surface area contributed by atoms with Crippen LogP contribution >= 0.6 is 11.6 Å². The lowest BCUT2D eigenvalue weighted by atomic mass is 10.0. The average Bonchev–Trinajstić information content (AvgIpc) is 3.69. The maximum Gasteiger partial charge on any atom is 0.434 e. The molecule has 1 amide bonds. The highest BCUT2D eigenvalue weighted by molar-refractivity contribution is 6.32. The Morgan fingerprint density at radius 1 is 1.05 bits per heavy atom. The number of benzene rings is 1. The predicted molar refractivity (Wildman–Crippen MR) is 134 cm³/mol. The molecule has 15 heteroatoms. The lowest BCUT2D eigenvalue weighted by Gasteiger charge is -2.17. The van der Waals surface area contributed by atoms with E-state index in [9.17, 15) is 22.8 Å². The molecule has 4 aromatic heterocycles. The molecular formula is C25H16ClF3N8O3. The molecule has 40 heavy (non-hydrogen) atoms. The molecule has 1 aliphatic heterocycles. The quantitative estimate of drug-likeness (QED) is 0.331. The molecule has 6 rings (SSSR count). The van der Waals surface area contributed by atoms with Gasteiger partial charge in [0.25, 0.3) is 5.91 Å². The van der Waals surface area contributed by atoms with E-state index in [0.717, 1.165) is 11.0 Å². The summed E-state index contributed by atoms with van der Waals surface area (Å²) in [6.07, 6.45) is 0.648. The van der Waals surface area contributed by atoms with Crippen LogP contribution in [0.1, 0.15) is 34.3 Å². The molecule has 1 fully saturated rings. The van der Waals surface area contributed by atoms with E-state index in [4.69, 9.17) is 16.3 Å². The van der Waals surface area contributed by atoms with Crippen molar-refractivity contribution in [3.63, 3.8) is 0 Å². The van der Waals surface area contributed by atoms with Crippen molar-refractivity contribution in [2.75, 3.05) is 11.9 Å². The second-order valence-electron chi connectivity index (χ2n) is 8.74. The standard InChI is InChI=1S/C25H16ClF3N8O3/c26-18-7-13(9-31-23(18)37-32-5-6-33-37)35-24(39)17-10-34-36(22(17)25(27,28)29)19-11-30-21(20-8-14(38)12-40-20)16-4-2-1-3-15(16)19/h1-7,9-11,20H,8,12H2,(H,35,39). The van der Waals surface area contributed by atoms with Crippen LogP contribution in [0.25, 0.3) is 22.3 Å². The highest BCUT2D eigenvalue weighted by Gasteiger charge is 2.41. The van der Waals surface area contributed by atoms with Crippen molar-refractivity contribution >= 4 is 39.8 Å². The Kier molecular flexibility index (Phi) is 6.27. The molecule has 0 radical (unpaired) electrons. The maximum atomic E-state index is 14.4. The molecule has 1 aromatic carbocycles. The lowest BCUT2D eigenvalue weighted by Crippen LogP contribution is -2.21. The van der Waals surface area contributed by atoms with E-state index in [-0.39, 0.29) is 41.0 Å². The monoisotopic (exact) mass is 568 g/mol. The summed E-state index contributed by atoms with van der Waals surface area (Å²) in [7, 11) is 0. The number of carbonyl (C=O) groups excluding carboxylic acids is 2. The number of pyridine rings is 2. The Morgan fingerprint density at radius 2 is 1.80 bits per heavy atom. The van der Waals surface area contributed by atoms with Crippen molar-refractivity contribution in [3.8, 4) is 11.5 Å². The molecular weight excluding hydrogens is 553 g/mol. The molecule has 0 aliphatic carbocycles. The van der Waals surface area contributed by atoms with Gasteiger partial charge < -0.3 is 10.1 Å². The Bertz CT molecular complexity index is 1770. The summed E-state index contributed by atoms with van der Waals surface area (Å²) in [5.41, 5.74) is -1.54. The van der Waals surface area contributed by atoms with Crippen molar-refractivity contribution in [1.29, 1.82) is 0 Å². The second-order valence-corrected chi connectivity index (χ2v) is 9.14. The first kappa shape index (κ1) is 25.6. The van der Waals surface area contributed by atoms with Gasteiger partial charge in [-0.3, -0.25) is 14.6 Å². The normalized spacial score (nSPS) is 15.6. The number of carbonyl (C=O) groups is 2. The van der Waals surface area contributed by atoms with E-state index in [1.54, 1.807) is 24.3 Å². The number of hydrogen-bond acceptors (Lipinski definition) is 8. The molecule has 1 aliphatic rings. The summed E-state index contributed by atoms with van der Waals surface area (Å²) in [5.74, 6) is -0.997. The fraction of sp³-hybridized carbons (Fsp3) is 0.160. The summed E-state index contributed by atoms with van der Waals surface area (Å²) < 4.78 is 49.4. The number of nitrogens with one attached hydrogen (secondary N) is 1. The molecule has 1 N–H and O–H groups in total. The summed E-state index contributed by atoms with van der Waals surface area (Å²) in [5, 5.41) is 15.1. The van der Waals surface area contributed by atoms with Crippen LogP contribution in [-0.2, 0) is 15.7 Å². The average molecular weight is 569 g/mol. The molecule has 1 unspecified atom stereocenters. The van der Waals surface area contributed by atoms with Crippen LogP contribution in [0.2, 0.25) is 5.02 Å². The number of fused-ring (bicyclic) bond motifs is 1. The third kappa shape index (κ3) is 4.56. The van der Waals surface area contributed by atoms with E-state index in [1.807, 2.05) is 0 Å². The van der Waals surface area contributed by atoms with Crippen LogP contribution in [0.4, 0.5) is 18.9 Å². The number of ether oxygens (including phenoxy) is 1.